The molecule has 0 aromatic heterocycles. The largest absolute Gasteiger partial charge is 0.465 e. The van der Waals surface area contributed by atoms with E-state index in [-0.39, 0.29) is 38.8 Å². The van der Waals surface area contributed by atoms with E-state index in [0.29, 0.717) is 11.1 Å². The second-order valence-corrected chi connectivity index (χ2v) is 11.6. The number of amides is 1. The molecular formula is C31H38NO8P. The van der Waals surface area contributed by atoms with Crippen LogP contribution in [0.25, 0.3) is 21.9 Å². The predicted octanol–water partition coefficient (Wildman–Crippen LogP) is 6.37. The van der Waals surface area contributed by atoms with Crippen molar-refractivity contribution < 1.29 is 37.6 Å². The topological polar surface area (TPSA) is 117 Å². The molecule has 0 saturated carbocycles. The van der Waals surface area contributed by atoms with Gasteiger partial charge in [-0.25, -0.2) is 4.79 Å². The van der Waals surface area contributed by atoms with Crippen LogP contribution in [0, 0.1) is 5.41 Å². The summed E-state index contributed by atoms with van der Waals surface area (Å²) >= 11 is 0. The van der Waals surface area contributed by atoms with E-state index in [9.17, 15) is 18.9 Å². The average Bonchev–Trinajstić information content (AvgIpc) is 2.94. The van der Waals surface area contributed by atoms with Crippen molar-refractivity contribution in [2.75, 3.05) is 19.8 Å². The van der Waals surface area contributed by atoms with Crippen LogP contribution < -0.4 is 5.48 Å². The van der Waals surface area contributed by atoms with E-state index in [1.807, 2.05) is 60.1 Å². The third-order valence-corrected chi connectivity index (χ3v) is 8.67. The van der Waals surface area contributed by atoms with Crippen molar-refractivity contribution in [3.05, 3.63) is 71.8 Å². The van der Waals surface area contributed by atoms with Gasteiger partial charge in [-0.1, -0.05) is 61.5 Å². The van der Waals surface area contributed by atoms with Crippen molar-refractivity contribution in [3.8, 4) is 11.1 Å². The number of carbonyl (C=O) groups is 3. The molecule has 9 nitrogen and oxygen atoms in total. The lowest BCUT2D eigenvalue weighted by molar-refractivity contribution is -0.179. The van der Waals surface area contributed by atoms with Crippen LogP contribution in [-0.2, 0) is 50.2 Å². The van der Waals surface area contributed by atoms with Crippen LogP contribution in [0.4, 0.5) is 0 Å². The number of carbonyl (C=O) groups excluding carboxylic acids is 3. The maximum Gasteiger partial charge on any atom is 0.349 e. The smallest absolute Gasteiger partial charge is 0.349 e. The van der Waals surface area contributed by atoms with E-state index in [2.05, 4.69) is 0 Å². The molecule has 1 N–H and O–H groups in total. The number of nitrogens with one attached hydrogen (secondary N) is 1. The lowest BCUT2D eigenvalue weighted by atomic mass is 9.78. The van der Waals surface area contributed by atoms with Gasteiger partial charge in [0.15, 0.2) is 5.41 Å². The first kappa shape index (κ1) is 32.0. The number of hydroxylamine groups is 1. The summed E-state index contributed by atoms with van der Waals surface area (Å²) < 4.78 is 29.9. The molecule has 41 heavy (non-hydrogen) atoms. The highest BCUT2D eigenvalue weighted by atomic mass is 31.2. The molecule has 0 aliphatic heterocycles. The van der Waals surface area contributed by atoms with Crippen LogP contribution in [0.5, 0.6) is 0 Å². The molecule has 1 atom stereocenters. The van der Waals surface area contributed by atoms with E-state index in [4.69, 9.17) is 18.6 Å². The first-order valence-electron chi connectivity index (χ1n) is 13.7. The summed E-state index contributed by atoms with van der Waals surface area (Å²) in [6.45, 7) is 8.50. The molecule has 1 amide bonds. The molecule has 0 saturated heterocycles. The fourth-order valence-corrected chi connectivity index (χ4v) is 6.39. The standard InChI is InChI=1S/C31H38NO8P/c1-6-31(29(34)37-7-2,30(35)40-32-22(5)33)20-23-16-24(21-41(36,38-8-3)39-9-4)18-28(17-23)27-15-14-25-12-10-11-13-26(25)19-27/h10-19H,6-9,20-21H2,1-5H3,(H,32,33). The summed E-state index contributed by atoms with van der Waals surface area (Å²) in [5, 5.41) is 2.12. The number of hydrogen-bond acceptors (Lipinski definition) is 8. The van der Waals surface area contributed by atoms with E-state index < -0.39 is 30.9 Å². The molecule has 0 aliphatic rings. The Bertz CT molecular complexity index is 1430. The normalized spacial score (nSPS) is 12.9. The minimum Gasteiger partial charge on any atom is -0.465 e. The molecule has 0 radical (unpaired) electrons. The van der Waals surface area contributed by atoms with Crippen molar-refractivity contribution in [1.29, 1.82) is 0 Å². The molecule has 0 bridgehead atoms. The minimum atomic E-state index is -3.47. The van der Waals surface area contributed by atoms with Gasteiger partial charge in [0.05, 0.1) is 26.0 Å². The first-order chi connectivity index (χ1) is 19.6. The zero-order valence-corrected chi connectivity index (χ0v) is 25.1. The van der Waals surface area contributed by atoms with Crippen LogP contribution in [0.1, 0.15) is 52.2 Å². The lowest BCUT2D eigenvalue weighted by Gasteiger charge is -2.28. The predicted molar refractivity (Wildman–Crippen MR) is 157 cm³/mol. The van der Waals surface area contributed by atoms with Crippen LogP contribution in [0.3, 0.4) is 0 Å². The molecule has 3 rings (SSSR count). The number of rotatable bonds is 13. The Labute approximate surface area is 241 Å². The molecule has 0 heterocycles. The summed E-state index contributed by atoms with van der Waals surface area (Å²) in [5.74, 6) is -2.28. The van der Waals surface area contributed by atoms with Crippen LogP contribution >= 0.6 is 7.60 Å². The van der Waals surface area contributed by atoms with Crippen molar-refractivity contribution >= 4 is 36.2 Å². The van der Waals surface area contributed by atoms with Crippen molar-refractivity contribution in [3.63, 3.8) is 0 Å². The van der Waals surface area contributed by atoms with Crippen LogP contribution in [-0.4, -0.2) is 37.7 Å². The second-order valence-electron chi connectivity index (χ2n) is 9.59. The Morgan fingerprint density at radius 3 is 2.05 bits per heavy atom. The van der Waals surface area contributed by atoms with Gasteiger partial charge in [0.1, 0.15) is 0 Å². The molecular weight excluding hydrogens is 545 g/mol. The summed E-state index contributed by atoms with van der Waals surface area (Å²) in [7, 11) is -3.47. The van der Waals surface area contributed by atoms with Crippen molar-refractivity contribution in [2.45, 2.75) is 53.6 Å². The molecule has 220 valence electrons. The molecule has 0 fully saturated rings. The van der Waals surface area contributed by atoms with E-state index >= 15 is 0 Å². The summed E-state index contributed by atoms with van der Waals surface area (Å²) in [5.41, 5.74) is 3.25. The van der Waals surface area contributed by atoms with Gasteiger partial charge in [0.25, 0.3) is 0 Å². The fraction of sp³-hybridized carbons (Fsp3) is 0.387. The van der Waals surface area contributed by atoms with Gasteiger partial charge < -0.3 is 18.6 Å². The summed E-state index contributed by atoms with van der Waals surface area (Å²) in [4.78, 5) is 43.0. The van der Waals surface area contributed by atoms with Gasteiger partial charge in [0, 0.05) is 6.92 Å². The Morgan fingerprint density at radius 1 is 0.780 bits per heavy atom. The number of ether oxygens (including phenoxy) is 1. The fourth-order valence-electron chi connectivity index (χ4n) is 4.71. The van der Waals surface area contributed by atoms with Gasteiger partial charge in [-0.2, -0.15) is 5.48 Å². The third-order valence-electron chi connectivity index (χ3n) is 6.62. The number of hydrogen-bond donors (Lipinski definition) is 1. The van der Waals surface area contributed by atoms with E-state index in [0.717, 1.165) is 21.9 Å². The highest BCUT2D eigenvalue weighted by Crippen LogP contribution is 2.51. The maximum absolute atomic E-state index is 13.5. The molecule has 10 heteroatoms. The number of benzene rings is 3. The zero-order chi connectivity index (χ0) is 30.0. The van der Waals surface area contributed by atoms with Gasteiger partial charge >= 0.3 is 19.5 Å². The van der Waals surface area contributed by atoms with Gasteiger partial charge in [-0.05, 0) is 72.7 Å². The SMILES string of the molecule is CCOC(=O)C(CC)(Cc1cc(CP(=O)(OCC)OCC)cc(-c2ccc3ccccc3c2)c1)C(=O)ONC(C)=O. The first-order valence-corrected chi connectivity index (χ1v) is 15.5. The summed E-state index contributed by atoms with van der Waals surface area (Å²) in [6, 6.07) is 19.6. The Kier molecular flexibility index (Phi) is 11.2. The van der Waals surface area contributed by atoms with E-state index in [1.54, 1.807) is 33.8 Å². The molecule has 3 aromatic rings. The molecule has 0 spiro atoms. The molecule has 3 aromatic carbocycles. The number of fused-ring (bicyclic) bond motifs is 1. The highest BCUT2D eigenvalue weighted by molar-refractivity contribution is 7.53. The lowest BCUT2D eigenvalue weighted by Crippen LogP contribution is -2.45. The van der Waals surface area contributed by atoms with Crippen molar-refractivity contribution in [2.24, 2.45) is 5.41 Å². The van der Waals surface area contributed by atoms with E-state index in [1.165, 1.54) is 6.92 Å². The zero-order valence-electron chi connectivity index (χ0n) is 24.2. The highest BCUT2D eigenvalue weighted by Gasteiger charge is 2.48. The minimum absolute atomic E-state index is 0.00201. The monoisotopic (exact) mass is 583 g/mol. The third kappa shape index (κ3) is 8.03. The molecule has 1 unspecified atom stereocenters. The van der Waals surface area contributed by atoms with Gasteiger partial charge in [-0.15, -0.1) is 0 Å². The number of esters is 1. The Morgan fingerprint density at radius 2 is 1.44 bits per heavy atom. The van der Waals surface area contributed by atoms with Gasteiger partial charge in [-0.3, -0.25) is 14.2 Å². The van der Waals surface area contributed by atoms with Crippen molar-refractivity contribution in [1.82, 2.24) is 5.48 Å². The van der Waals surface area contributed by atoms with Crippen LogP contribution in [0.2, 0.25) is 0 Å². The maximum atomic E-state index is 13.5. The average molecular weight is 584 g/mol. The molecule has 0 aliphatic carbocycles. The quantitative estimate of drug-likeness (QED) is 0.107. The van der Waals surface area contributed by atoms with Gasteiger partial charge in [0.2, 0.25) is 5.91 Å². The second kappa shape index (κ2) is 14.4. The summed E-state index contributed by atoms with van der Waals surface area (Å²) in [6.07, 6.45) is -0.0309. The van der Waals surface area contributed by atoms with Crippen LogP contribution in [0.15, 0.2) is 60.7 Å². The Hall–Kier alpha value is -3.52. The Balaban J connectivity index is 2.16.